The lowest BCUT2D eigenvalue weighted by Gasteiger charge is -2.07. The summed E-state index contributed by atoms with van der Waals surface area (Å²) in [7, 11) is 0. The van der Waals surface area contributed by atoms with E-state index in [-0.39, 0.29) is 23.3 Å². The molecule has 0 spiro atoms. The number of aryl methyl sites for hydroxylation is 1. The summed E-state index contributed by atoms with van der Waals surface area (Å²) < 4.78 is 15.1. The van der Waals surface area contributed by atoms with Crippen molar-refractivity contribution in [3.05, 3.63) is 52.5 Å². The molecule has 0 bridgehead atoms. The molecule has 3 aromatic rings. The molecule has 1 aromatic carbocycles. The predicted octanol–water partition coefficient (Wildman–Crippen LogP) is 3.30. The molecule has 1 aliphatic rings. The van der Waals surface area contributed by atoms with Gasteiger partial charge >= 0.3 is 0 Å². The summed E-state index contributed by atoms with van der Waals surface area (Å²) in [5, 5.41) is 11.4. The van der Waals surface area contributed by atoms with Crippen LogP contribution < -0.4 is 5.32 Å². The third-order valence-corrected chi connectivity index (χ3v) is 4.61. The van der Waals surface area contributed by atoms with Crippen molar-refractivity contribution < 1.29 is 9.18 Å². The topological polar surface area (TPSA) is 72.7 Å². The molecular weight excluding hydrogens is 329 g/mol. The Hall–Kier alpha value is -2.61. The number of nitrogens with zero attached hydrogens (tertiary/aromatic N) is 4. The smallest absolute Gasteiger partial charge is 0.279 e. The van der Waals surface area contributed by atoms with Crippen LogP contribution in [-0.4, -0.2) is 25.9 Å². The number of carbonyl (C=O) groups is 1. The van der Waals surface area contributed by atoms with E-state index in [1.807, 2.05) is 6.92 Å². The fourth-order valence-corrected chi connectivity index (χ4v) is 3.20. The molecule has 1 aliphatic carbocycles. The Morgan fingerprint density at radius 2 is 2.25 bits per heavy atom. The Morgan fingerprint density at radius 1 is 1.42 bits per heavy atom. The van der Waals surface area contributed by atoms with E-state index in [1.165, 1.54) is 23.5 Å². The predicted molar refractivity (Wildman–Crippen MR) is 88.1 cm³/mol. The first-order valence-corrected chi connectivity index (χ1v) is 8.39. The van der Waals surface area contributed by atoms with Gasteiger partial charge in [-0.3, -0.25) is 10.1 Å². The molecule has 4 rings (SSSR count). The number of nitrogens with one attached hydrogen (secondary N) is 1. The third kappa shape index (κ3) is 2.80. The van der Waals surface area contributed by atoms with Crippen LogP contribution in [0.3, 0.4) is 0 Å². The van der Waals surface area contributed by atoms with E-state index in [9.17, 15) is 9.18 Å². The monoisotopic (exact) mass is 343 g/mol. The summed E-state index contributed by atoms with van der Waals surface area (Å²) in [4.78, 5) is 17.7. The van der Waals surface area contributed by atoms with E-state index in [0.29, 0.717) is 10.8 Å². The Morgan fingerprint density at radius 3 is 2.92 bits per heavy atom. The van der Waals surface area contributed by atoms with Gasteiger partial charge in [0.05, 0.1) is 11.4 Å². The van der Waals surface area contributed by atoms with Crippen molar-refractivity contribution >= 4 is 22.4 Å². The van der Waals surface area contributed by atoms with Crippen LogP contribution in [0.25, 0.3) is 5.69 Å². The van der Waals surface area contributed by atoms with Crippen LogP contribution in [-0.2, 0) is 0 Å². The zero-order valence-corrected chi connectivity index (χ0v) is 13.7. The zero-order valence-electron chi connectivity index (χ0n) is 12.9. The van der Waals surface area contributed by atoms with Gasteiger partial charge in [-0.05, 0) is 38.0 Å². The van der Waals surface area contributed by atoms with Crippen LogP contribution in [0.2, 0.25) is 0 Å². The second-order valence-corrected chi connectivity index (χ2v) is 6.95. The van der Waals surface area contributed by atoms with Gasteiger partial charge in [-0.15, -0.1) is 16.4 Å². The molecular formula is C16H14FN5OS. The largest absolute Gasteiger partial charge is 0.296 e. The van der Waals surface area contributed by atoms with Crippen LogP contribution in [0.5, 0.6) is 0 Å². The molecule has 0 atom stereocenters. The number of halogens is 1. The fraction of sp³-hybridized carbons (Fsp3) is 0.250. The number of rotatable bonds is 4. The van der Waals surface area contributed by atoms with Crippen LogP contribution in [0.1, 0.15) is 39.8 Å². The quantitative estimate of drug-likeness (QED) is 0.789. The number of thiazole rings is 1. The molecule has 1 N–H and O–H groups in total. The first-order chi connectivity index (χ1) is 11.6. The van der Waals surface area contributed by atoms with Gasteiger partial charge in [0.1, 0.15) is 5.82 Å². The fourth-order valence-electron chi connectivity index (χ4n) is 2.54. The standard InChI is InChI=1S/C16H14FN5OS/c1-9-8-18-16(24-9)19-15(23)13-14(10-5-6-10)22(21-20-13)12-4-2-3-11(17)7-12/h2-4,7-8,10H,5-6H2,1H3,(H,18,19,23). The number of hydrogen-bond donors (Lipinski definition) is 1. The lowest BCUT2D eigenvalue weighted by molar-refractivity contribution is 0.102. The Kier molecular flexibility index (Phi) is 3.61. The van der Waals surface area contributed by atoms with Crippen LogP contribution in [0.15, 0.2) is 30.5 Å². The van der Waals surface area contributed by atoms with E-state index in [2.05, 4.69) is 20.6 Å². The molecule has 1 amide bonds. The number of aromatic nitrogens is 4. The molecule has 0 saturated heterocycles. The highest BCUT2D eigenvalue weighted by Gasteiger charge is 2.34. The Balaban J connectivity index is 1.70. The second kappa shape index (κ2) is 5.79. The van der Waals surface area contributed by atoms with Crippen molar-refractivity contribution in [3.63, 3.8) is 0 Å². The summed E-state index contributed by atoms with van der Waals surface area (Å²) in [6.07, 6.45) is 3.64. The summed E-state index contributed by atoms with van der Waals surface area (Å²) in [5.74, 6) is -0.468. The van der Waals surface area contributed by atoms with Crippen molar-refractivity contribution in [3.8, 4) is 5.69 Å². The van der Waals surface area contributed by atoms with Gasteiger partial charge in [-0.1, -0.05) is 11.3 Å². The Bertz CT molecular complexity index is 915. The van der Waals surface area contributed by atoms with E-state index in [4.69, 9.17) is 0 Å². The van der Waals surface area contributed by atoms with Gasteiger partial charge in [-0.25, -0.2) is 14.1 Å². The lowest BCUT2D eigenvalue weighted by atomic mass is 10.2. The van der Waals surface area contributed by atoms with Crippen LogP contribution in [0.4, 0.5) is 9.52 Å². The average molecular weight is 343 g/mol. The molecule has 0 aliphatic heterocycles. The minimum Gasteiger partial charge on any atom is -0.296 e. The molecule has 1 fully saturated rings. The highest BCUT2D eigenvalue weighted by atomic mass is 32.1. The first-order valence-electron chi connectivity index (χ1n) is 7.57. The Labute approximate surface area is 141 Å². The number of carbonyl (C=O) groups excluding carboxylic acids is 1. The molecule has 2 heterocycles. The molecule has 122 valence electrons. The average Bonchev–Trinajstić information content (AvgIpc) is 3.16. The van der Waals surface area contributed by atoms with Crippen molar-refractivity contribution in [1.29, 1.82) is 0 Å². The van der Waals surface area contributed by atoms with Gasteiger partial charge in [0.2, 0.25) is 0 Å². The molecule has 0 unspecified atom stereocenters. The van der Waals surface area contributed by atoms with Gasteiger partial charge in [0.25, 0.3) is 5.91 Å². The second-order valence-electron chi connectivity index (χ2n) is 5.72. The molecule has 8 heteroatoms. The zero-order chi connectivity index (χ0) is 16.7. The van der Waals surface area contributed by atoms with Crippen molar-refractivity contribution in [2.45, 2.75) is 25.7 Å². The molecule has 1 saturated carbocycles. The van der Waals surface area contributed by atoms with Crippen LogP contribution >= 0.6 is 11.3 Å². The number of benzene rings is 1. The highest BCUT2D eigenvalue weighted by Crippen LogP contribution is 2.42. The van der Waals surface area contributed by atoms with E-state index in [1.54, 1.807) is 23.0 Å². The van der Waals surface area contributed by atoms with E-state index < -0.39 is 0 Å². The third-order valence-electron chi connectivity index (χ3n) is 3.78. The maximum atomic E-state index is 13.5. The van der Waals surface area contributed by atoms with Gasteiger partial charge < -0.3 is 0 Å². The first kappa shape index (κ1) is 14.9. The van der Waals surface area contributed by atoms with Gasteiger partial charge in [0.15, 0.2) is 10.8 Å². The maximum Gasteiger partial charge on any atom is 0.279 e. The minimum absolute atomic E-state index is 0.224. The molecule has 24 heavy (non-hydrogen) atoms. The van der Waals surface area contributed by atoms with Gasteiger partial charge in [0, 0.05) is 17.0 Å². The minimum atomic E-state index is -0.353. The van der Waals surface area contributed by atoms with E-state index in [0.717, 1.165) is 23.4 Å². The number of hydrogen-bond acceptors (Lipinski definition) is 5. The molecule has 0 radical (unpaired) electrons. The van der Waals surface area contributed by atoms with E-state index >= 15 is 0 Å². The summed E-state index contributed by atoms with van der Waals surface area (Å²) in [5.41, 5.74) is 1.56. The number of amides is 1. The summed E-state index contributed by atoms with van der Waals surface area (Å²) in [6, 6.07) is 6.11. The van der Waals surface area contributed by atoms with Gasteiger partial charge in [-0.2, -0.15) is 0 Å². The van der Waals surface area contributed by atoms with Crippen molar-refractivity contribution in [2.75, 3.05) is 5.32 Å². The summed E-state index contributed by atoms with van der Waals surface area (Å²) >= 11 is 1.40. The number of anilines is 1. The highest BCUT2D eigenvalue weighted by molar-refractivity contribution is 7.15. The van der Waals surface area contributed by atoms with Crippen LogP contribution in [0, 0.1) is 12.7 Å². The van der Waals surface area contributed by atoms with Crippen molar-refractivity contribution in [2.24, 2.45) is 0 Å². The normalized spacial score (nSPS) is 13.9. The van der Waals surface area contributed by atoms with Crippen molar-refractivity contribution in [1.82, 2.24) is 20.0 Å². The molecule has 6 nitrogen and oxygen atoms in total. The maximum absolute atomic E-state index is 13.5. The summed E-state index contributed by atoms with van der Waals surface area (Å²) in [6.45, 7) is 1.92. The molecule has 2 aromatic heterocycles. The lowest BCUT2D eigenvalue weighted by Crippen LogP contribution is -2.15. The SMILES string of the molecule is Cc1cnc(NC(=O)c2nnn(-c3cccc(F)c3)c2C2CC2)s1.